The van der Waals surface area contributed by atoms with Crippen molar-refractivity contribution in [3.8, 4) is 0 Å². The van der Waals surface area contributed by atoms with Gasteiger partial charge < -0.3 is 0 Å². The van der Waals surface area contributed by atoms with Gasteiger partial charge in [-0.2, -0.15) is 0 Å². The van der Waals surface area contributed by atoms with Crippen molar-refractivity contribution in [2.24, 2.45) is 0 Å². The molecule has 0 nitrogen and oxygen atoms in total. The first-order chi connectivity index (χ1) is 3.85. The molecule has 0 unspecified atom stereocenters. The van der Waals surface area contributed by atoms with Crippen molar-refractivity contribution in [1.29, 1.82) is 0 Å². The average Bonchev–Trinajstić information content (AvgIpc) is 1.83. The van der Waals surface area contributed by atoms with Crippen LogP contribution in [0.5, 0.6) is 0 Å². The van der Waals surface area contributed by atoms with E-state index < -0.39 is 0 Å². The number of allylic oxidation sites excluding steroid dienone is 3. The van der Waals surface area contributed by atoms with Crippen molar-refractivity contribution >= 4 is 11.8 Å². The summed E-state index contributed by atoms with van der Waals surface area (Å²) in [7, 11) is 0. The van der Waals surface area contributed by atoms with Crippen LogP contribution in [0.1, 0.15) is 13.8 Å². The van der Waals surface area contributed by atoms with E-state index in [0.717, 1.165) is 0 Å². The summed E-state index contributed by atoms with van der Waals surface area (Å²) in [5, 5.41) is 0. The van der Waals surface area contributed by atoms with Crippen LogP contribution in [0.3, 0.4) is 0 Å². The first kappa shape index (κ1) is 7.83. The van der Waals surface area contributed by atoms with Gasteiger partial charge in [0.25, 0.3) is 0 Å². The van der Waals surface area contributed by atoms with Crippen molar-refractivity contribution in [1.82, 2.24) is 0 Å². The Hall–Kier alpha value is -0.170. The van der Waals surface area contributed by atoms with E-state index in [-0.39, 0.29) is 0 Å². The van der Waals surface area contributed by atoms with Gasteiger partial charge in [-0.25, -0.2) is 0 Å². The Morgan fingerprint density at radius 1 is 1.38 bits per heavy atom. The van der Waals surface area contributed by atoms with Gasteiger partial charge in [0.2, 0.25) is 0 Å². The molecule has 1 heteroatoms. The molecule has 8 heavy (non-hydrogen) atoms. The Labute approximate surface area is 55.7 Å². The van der Waals surface area contributed by atoms with Crippen LogP contribution >= 0.6 is 11.8 Å². The Kier molecular flexibility index (Phi) is 4.87. The molecule has 0 amide bonds. The van der Waals surface area contributed by atoms with Gasteiger partial charge in [-0.1, -0.05) is 18.2 Å². The molecule has 0 aliphatic heterocycles. The fraction of sp³-hybridized carbons (Fsp3) is 0.429. The normalized spacial score (nSPS) is 13.1. The maximum Gasteiger partial charge on any atom is 0.00231 e. The topological polar surface area (TPSA) is 0 Å². The number of rotatable bonds is 2. The van der Waals surface area contributed by atoms with Crippen LogP contribution in [-0.4, -0.2) is 6.26 Å². The Balaban J connectivity index is 3.72. The van der Waals surface area contributed by atoms with Crippen LogP contribution in [0.2, 0.25) is 0 Å². The quantitative estimate of drug-likeness (QED) is 0.515. The van der Waals surface area contributed by atoms with Crippen LogP contribution in [0, 0.1) is 0 Å². The van der Waals surface area contributed by atoms with E-state index in [9.17, 15) is 0 Å². The van der Waals surface area contributed by atoms with Gasteiger partial charge in [-0.3, -0.25) is 0 Å². The predicted molar refractivity (Wildman–Crippen MR) is 42.1 cm³/mol. The number of hydrogen-bond acceptors (Lipinski definition) is 1. The molecule has 0 heterocycles. The molecule has 0 aliphatic rings. The van der Waals surface area contributed by atoms with Gasteiger partial charge in [-0.05, 0) is 20.1 Å². The highest BCUT2D eigenvalue weighted by molar-refractivity contribution is 8.02. The summed E-state index contributed by atoms with van der Waals surface area (Å²) < 4.78 is 0. The summed E-state index contributed by atoms with van der Waals surface area (Å²) in [6.07, 6.45) is 8.33. The third kappa shape index (κ3) is 2.92. The molecule has 0 radical (unpaired) electrons. The lowest BCUT2D eigenvalue weighted by molar-refractivity contribution is 1.66. The van der Waals surface area contributed by atoms with Crippen molar-refractivity contribution in [3.63, 3.8) is 0 Å². The van der Waals surface area contributed by atoms with Crippen molar-refractivity contribution in [2.75, 3.05) is 6.26 Å². The minimum absolute atomic E-state index is 1.33. The molecule has 0 fully saturated rings. The zero-order valence-corrected chi connectivity index (χ0v) is 6.46. The summed E-state index contributed by atoms with van der Waals surface area (Å²) in [5.41, 5.74) is 0. The van der Waals surface area contributed by atoms with Crippen molar-refractivity contribution < 1.29 is 0 Å². The zero-order chi connectivity index (χ0) is 6.41. The first-order valence-electron chi connectivity index (χ1n) is 2.68. The van der Waals surface area contributed by atoms with Crippen LogP contribution < -0.4 is 0 Å². The number of hydrogen-bond donors (Lipinski definition) is 0. The van der Waals surface area contributed by atoms with Crippen LogP contribution in [0.4, 0.5) is 0 Å². The lowest BCUT2D eigenvalue weighted by atomic mass is 10.4. The van der Waals surface area contributed by atoms with Gasteiger partial charge in [0.05, 0.1) is 0 Å². The van der Waals surface area contributed by atoms with E-state index >= 15 is 0 Å². The summed E-state index contributed by atoms with van der Waals surface area (Å²) in [6, 6.07) is 0. The maximum atomic E-state index is 2.10. The smallest absolute Gasteiger partial charge is 0.00231 e. The highest BCUT2D eigenvalue weighted by Gasteiger charge is 1.80. The molecule has 0 aromatic heterocycles. The minimum atomic E-state index is 1.33. The molecule has 0 saturated carbocycles. The second kappa shape index (κ2) is 4.98. The average molecular weight is 128 g/mol. The van der Waals surface area contributed by atoms with Gasteiger partial charge in [0.15, 0.2) is 0 Å². The van der Waals surface area contributed by atoms with E-state index in [1.807, 2.05) is 19.9 Å². The zero-order valence-electron chi connectivity index (χ0n) is 5.64. The van der Waals surface area contributed by atoms with Gasteiger partial charge >= 0.3 is 0 Å². The summed E-state index contributed by atoms with van der Waals surface area (Å²) in [5.74, 6) is 0. The lowest BCUT2D eigenvalue weighted by Gasteiger charge is -1.89. The lowest BCUT2D eigenvalue weighted by Crippen LogP contribution is -1.62. The standard InChI is InChI=1S/C7H12S/c1-4-6-7(5-2)8-3/h4-6H,1-3H3/b6-4-,7-5+. The van der Waals surface area contributed by atoms with E-state index in [2.05, 4.69) is 18.4 Å². The molecule has 0 saturated heterocycles. The van der Waals surface area contributed by atoms with Crippen LogP contribution in [0.15, 0.2) is 23.1 Å². The molecular weight excluding hydrogens is 116 g/mol. The second-order valence-corrected chi connectivity index (χ2v) is 2.27. The van der Waals surface area contributed by atoms with E-state index in [0.29, 0.717) is 0 Å². The second-order valence-electron chi connectivity index (χ2n) is 1.40. The van der Waals surface area contributed by atoms with Crippen molar-refractivity contribution in [3.05, 3.63) is 23.1 Å². The molecule has 46 valence electrons. The summed E-state index contributed by atoms with van der Waals surface area (Å²) >= 11 is 1.77. The van der Waals surface area contributed by atoms with E-state index in [4.69, 9.17) is 0 Å². The van der Waals surface area contributed by atoms with Gasteiger partial charge in [-0.15, -0.1) is 11.8 Å². The summed E-state index contributed by atoms with van der Waals surface area (Å²) in [6.45, 7) is 4.07. The Morgan fingerprint density at radius 2 is 2.00 bits per heavy atom. The molecule has 0 bridgehead atoms. The predicted octanol–water partition coefficient (Wildman–Crippen LogP) is 2.83. The van der Waals surface area contributed by atoms with E-state index in [1.165, 1.54) is 4.91 Å². The molecular formula is C7H12S. The van der Waals surface area contributed by atoms with Crippen LogP contribution in [-0.2, 0) is 0 Å². The largest absolute Gasteiger partial charge is 0.130 e. The molecule has 0 atom stereocenters. The highest BCUT2D eigenvalue weighted by Crippen LogP contribution is 2.11. The fourth-order valence-corrected chi connectivity index (χ4v) is 0.954. The Bertz CT molecular complexity index is 98.2. The molecule has 0 aromatic rings. The molecule has 0 rings (SSSR count). The minimum Gasteiger partial charge on any atom is -0.130 e. The molecule has 0 aromatic carbocycles. The number of thioether (sulfide) groups is 1. The highest BCUT2D eigenvalue weighted by atomic mass is 32.2. The molecule has 0 N–H and O–H groups in total. The SMILES string of the molecule is C/C=C\C(=C/C)SC. The van der Waals surface area contributed by atoms with Gasteiger partial charge in [0, 0.05) is 4.91 Å². The summed E-state index contributed by atoms with van der Waals surface area (Å²) in [4.78, 5) is 1.33. The van der Waals surface area contributed by atoms with Crippen LogP contribution in [0.25, 0.3) is 0 Å². The Morgan fingerprint density at radius 3 is 2.12 bits per heavy atom. The third-order valence-corrected chi connectivity index (χ3v) is 1.69. The monoisotopic (exact) mass is 128 g/mol. The first-order valence-corrected chi connectivity index (χ1v) is 3.90. The molecule has 0 spiro atoms. The van der Waals surface area contributed by atoms with E-state index in [1.54, 1.807) is 11.8 Å². The van der Waals surface area contributed by atoms with Gasteiger partial charge in [0.1, 0.15) is 0 Å². The third-order valence-electron chi connectivity index (χ3n) is 0.851. The van der Waals surface area contributed by atoms with Crippen molar-refractivity contribution in [2.45, 2.75) is 13.8 Å². The maximum absolute atomic E-state index is 2.10. The fourth-order valence-electron chi connectivity index (χ4n) is 0.446. The molecule has 0 aliphatic carbocycles.